The lowest BCUT2D eigenvalue weighted by atomic mass is 9.89. The van der Waals surface area contributed by atoms with E-state index in [1.807, 2.05) is 26.8 Å². The van der Waals surface area contributed by atoms with E-state index in [0.29, 0.717) is 24.4 Å². The Bertz CT molecular complexity index is 682. The second-order valence-corrected chi connectivity index (χ2v) is 7.04. The van der Waals surface area contributed by atoms with Gasteiger partial charge in [-0.1, -0.05) is 6.07 Å². The highest BCUT2D eigenvalue weighted by atomic mass is 16.6. The number of carbonyl (C=O) groups excluding carboxylic acids is 2. The summed E-state index contributed by atoms with van der Waals surface area (Å²) in [7, 11) is 1.57. The average molecular weight is 334 g/mol. The van der Waals surface area contributed by atoms with Gasteiger partial charge in [0.15, 0.2) is 5.60 Å². The number of amides is 2. The van der Waals surface area contributed by atoms with Gasteiger partial charge in [-0.3, -0.25) is 5.32 Å². The van der Waals surface area contributed by atoms with Crippen LogP contribution >= 0.6 is 0 Å². The third kappa shape index (κ3) is 2.86. The number of likely N-dealkylation sites (tertiary alicyclic amines) is 1. The zero-order chi connectivity index (χ0) is 17.5. The summed E-state index contributed by atoms with van der Waals surface area (Å²) in [5.41, 5.74) is -0.0798. The number of hydrogen-bond donors (Lipinski definition) is 1. The average Bonchev–Trinajstić information content (AvgIpc) is 2.89. The molecule has 1 fully saturated rings. The van der Waals surface area contributed by atoms with Gasteiger partial charge in [0.2, 0.25) is 0 Å². The molecule has 7 heteroatoms. The SMILES string of the molecule is COc1cccc2c1C1(CCN(C(=O)OC(C)(C)C)C1)OC(=O)N2. The molecule has 0 aromatic heterocycles. The van der Waals surface area contributed by atoms with Crippen molar-refractivity contribution < 1.29 is 23.8 Å². The van der Waals surface area contributed by atoms with E-state index in [0.717, 1.165) is 5.56 Å². The fourth-order valence-electron chi connectivity index (χ4n) is 3.19. The van der Waals surface area contributed by atoms with Crippen molar-refractivity contribution in [2.45, 2.75) is 38.4 Å². The molecule has 2 aliphatic heterocycles. The third-order valence-electron chi connectivity index (χ3n) is 4.11. The molecule has 1 aromatic rings. The highest BCUT2D eigenvalue weighted by molar-refractivity contribution is 5.90. The molecular weight excluding hydrogens is 312 g/mol. The molecule has 1 spiro atoms. The smallest absolute Gasteiger partial charge is 0.412 e. The van der Waals surface area contributed by atoms with E-state index >= 15 is 0 Å². The Labute approximate surface area is 140 Å². The van der Waals surface area contributed by atoms with Crippen LogP contribution in [0.2, 0.25) is 0 Å². The van der Waals surface area contributed by atoms with Gasteiger partial charge in [0, 0.05) is 13.0 Å². The van der Waals surface area contributed by atoms with Crippen LogP contribution in [-0.4, -0.2) is 42.9 Å². The zero-order valence-corrected chi connectivity index (χ0v) is 14.3. The summed E-state index contributed by atoms with van der Waals surface area (Å²) in [5.74, 6) is 0.624. The number of fused-ring (bicyclic) bond motifs is 2. The maximum Gasteiger partial charge on any atom is 0.412 e. The lowest BCUT2D eigenvalue weighted by molar-refractivity contribution is 0.00330. The maximum absolute atomic E-state index is 12.4. The number of rotatable bonds is 1. The van der Waals surface area contributed by atoms with Crippen LogP contribution in [0, 0.1) is 0 Å². The van der Waals surface area contributed by atoms with Crippen molar-refractivity contribution in [3.63, 3.8) is 0 Å². The van der Waals surface area contributed by atoms with E-state index in [1.165, 1.54) is 0 Å². The fraction of sp³-hybridized carbons (Fsp3) is 0.529. The molecule has 130 valence electrons. The normalized spacial score (nSPS) is 22.7. The number of carbonyl (C=O) groups is 2. The van der Waals surface area contributed by atoms with Crippen molar-refractivity contribution in [2.75, 3.05) is 25.5 Å². The highest BCUT2D eigenvalue weighted by Gasteiger charge is 2.50. The lowest BCUT2D eigenvalue weighted by Gasteiger charge is -2.36. The minimum absolute atomic E-state index is 0.239. The molecule has 1 N–H and O–H groups in total. The Morgan fingerprint density at radius 2 is 2.12 bits per heavy atom. The van der Waals surface area contributed by atoms with Gasteiger partial charge in [0.05, 0.1) is 24.9 Å². The van der Waals surface area contributed by atoms with Gasteiger partial charge in [-0.25, -0.2) is 9.59 Å². The largest absolute Gasteiger partial charge is 0.496 e. The maximum atomic E-state index is 12.4. The van der Waals surface area contributed by atoms with Crippen LogP contribution in [0.3, 0.4) is 0 Å². The molecule has 1 unspecified atom stereocenters. The van der Waals surface area contributed by atoms with Crippen LogP contribution in [-0.2, 0) is 15.1 Å². The van der Waals surface area contributed by atoms with Crippen LogP contribution in [0.1, 0.15) is 32.8 Å². The topological polar surface area (TPSA) is 77.1 Å². The van der Waals surface area contributed by atoms with Crippen LogP contribution in [0.15, 0.2) is 18.2 Å². The van der Waals surface area contributed by atoms with Crippen molar-refractivity contribution in [2.24, 2.45) is 0 Å². The quantitative estimate of drug-likeness (QED) is 0.854. The molecule has 0 saturated carbocycles. The van der Waals surface area contributed by atoms with Crippen molar-refractivity contribution in [1.29, 1.82) is 0 Å². The van der Waals surface area contributed by atoms with Gasteiger partial charge >= 0.3 is 12.2 Å². The van der Waals surface area contributed by atoms with E-state index in [1.54, 1.807) is 24.1 Å². The number of anilines is 1. The van der Waals surface area contributed by atoms with Crippen LogP contribution in [0.5, 0.6) is 5.75 Å². The summed E-state index contributed by atoms with van der Waals surface area (Å²) >= 11 is 0. The molecule has 2 aliphatic rings. The van der Waals surface area contributed by atoms with Crippen LogP contribution in [0.25, 0.3) is 0 Å². The minimum atomic E-state index is -0.916. The van der Waals surface area contributed by atoms with E-state index in [2.05, 4.69) is 5.32 Å². The summed E-state index contributed by atoms with van der Waals surface area (Å²) in [4.78, 5) is 25.9. The summed E-state index contributed by atoms with van der Waals surface area (Å²) < 4.78 is 16.5. The first-order valence-electron chi connectivity index (χ1n) is 7.89. The molecule has 1 atom stereocenters. The first-order valence-corrected chi connectivity index (χ1v) is 7.89. The lowest BCUT2D eigenvalue weighted by Crippen LogP contribution is -2.43. The monoisotopic (exact) mass is 334 g/mol. The molecule has 7 nitrogen and oxygen atoms in total. The van der Waals surface area contributed by atoms with E-state index in [-0.39, 0.29) is 6.54 Å². The summed E-state index contributed by atoms with van der Waals surface area (Å²) in [6.45, 7) is 6.14. The number of methoxy groups -OCH3 is 1. The van der Waals surface area contributed by atoms with Crippen molar-refractivity contribution in [3.05, 3.63) is 23.8 Å². The van der Waals surface area contributed by atoms with Gasteiger partial charge in [-0.2, -0.15) is 0 Å². The second-order valence-electron chi connectivity index (χ2n) is 7.04. The van der Waals surface area contributed by atoms with Crippen molar-refractivity contribution in [3.8, 4) is 5.75 Å². The molecule has 1 aromatic carbocycles. The highest BCUT2D eigenvalue weighted by Crippen LogP contribution is 2.47. The first kappa shape index (κ1) is 16.4. The molecule has 24 heavy (non-hydrogen) atoms. The van der Waals surface area contributed by atoms with Gasteiger partial charge in [0.1, 0.15) is 11.4 Å². The number of nitrogens with one attached hydrogen (secondary N) is 1. The molecule has 1 saturated heterocycles. The third-order valence-corrected chi connectivity index (χ3v) is 4.11. The second kappa shape index (κ2) is 5.58. The summed E-state index contributed by atoms with van der Waals surface area (Å²) in [6.07, 6.45) is -0.445. The van der Waals surface area contributed by atoms with Crippen molar-refractivity contribution in [1.82, 2.24) is 4.90 Å². The Morgan fingerprint density at radius 3 is 2.79 bits per heavy atom. The predicted molar refractivity (Wildman–Crippen MR) is 87.2 cm³/mol. The molecule has 2 amide bonds. The molecule has 3 rings (SSSR count). The molecule has 0 radical (unpaired) electrons. The van der Waals surface area contributed by atoms with Crippen LogP contribution in [0.4, 0.5) is 15.3 Å². The zero-order valence-electron chi connectivity index (χ0n) is 14.3. The van der Waals surface area contributed by atoms with E-state index < -0.39 is 23.4 Å². The summed E-state index contributed by atoms with van der Waals surface area (Å²) in [6, 6.07) is 5.42. The Hall–Kier alpha value is -2.44. The molecular formula is C17H22N2O5. The van der Waals surface area contributed by atoms with Crippen molar-refractivity contribution >= 4 is 17.9 Å². The van der Waals surface area contributed by atoms with E-state index in [9.17, 15) is 9.59 Å². The summed E-state index contributed by atoms with van der Waals surface area (Å²) in [5, 5.41) is 2.69. The minimum Gasteiger partial charge on any atom is -0.496 e. The predicted octanol–water partition coefficient (Wildman–Crippen LogP) is 3.09. The number of nitrogens with zero attached hydrogens (tertiary/aromatic N) is 1. The van der Waals surface area contributed by atoms with Gasteiger partial charge in [-0.15, -0.1) is 0 Å². The van der Waals surface area contributed by atoms with Gasteiger partial charge in [0.25, 0.3) is 0 Å². The number of hydrogen-bond acceptors (Lipinski definition) is 5. The van der Waals surface area contributed by atoms with E-state index in [4.69, 9.17) is 14.2 Å². The Morgan fingerprint density at radius 1 is 1.38 bits per heavy atom. The number of ether oxygens (including phenoxy) is 3. The fourth-order valence-corrected chi connectivity index (χ4v) is 3.19. The van der Waals surface area contributed by atoms with Crippen LogP contribution < -0.4 is 10.1 Å². The Balaban J connectivity index is 1.93. The Kier molecular flexibility index (Phi) is 3.81. The number of benzene rings is 1. The molecule has 0 bridgehead atoms. The van der Waals surface area contributed by atoms with Gasteiger partial charge in [-0.05, 0) is 32.9 Å². The first-order chi connectivity index (χ1) is 11.2. The molecule has 2 heterocycles. The molecule has 0 aliphatic carbocycles. The standard InChI is InChI=1S/C17H22N2O5/c1-16(2,3)24-15(21)19-9-8-17(10-19)13-11(18-14(20)23-17)6-5-7-12(13)22-4/h5-7H,8-10H2,1-4H3,(H,18,20). The van der Waals surface area contributed by atoms with Gasteiger partial charge < -0.3 is 19.1 Å².